The zero-order chi connectivity index (χ0) is 21.3. The molecule has 0 bridgehead atoms. The average molecular weight is 413 g/mol. The SMILES string of the molecule is Cc1ccccc1NC(=O)c1sc2ncn(C(C)C(=O)OC(C)C)c(=O)c2c1C. The molecular weight excluding hydrogens is 390 g/mol. The lowest BCUT2D eigenvalue weighted by atomic mass is 10.1. The topological polar surface area (TPSA) is 90.3 Å². The molecule has 3 aromatic rings. The van der Waals surface area contributed by atoms with E-state index in [2.05, 4.69) is 10.3 Å². The highest BCUT2D eigenvalue weighted by Gasteiger charge is 2.24. The number of aryl methyl sites for hydroxylation is 2. The highest BCUT2D eigenvalue weighted by atomic mass is 32.1. The van der Waals surface area contributed by atoms with Crippen LogP contribution < -0.4 is 10.9 Å². The van der Waals surface area contributed by atoms with Crippen LogP contribution in [0.25, 0.3) is 10.2 Å². The van der Waals surface area contributed by atoms with Gasteiger partial charge in [-0.1, -0.05) is 18.2 Å². The Hall–Kier alpha value is -3.00. The fourth-order valence-electron chi connectivity index (χ4n) is 2.97. The lowest BCUT2D eigenvalue weighted by Crippen LogP contribution is -2.30. The predicted molar refractivity (Wildman–Crippen MR) is 114 cm³/mol. The number of thiophene rings is 1. The third-order valence-corrected chi connectivity index (χ3v) is 5.78. The van der Waals surface area contributed by atoms with E-state index in [0.29, 0.717) is 26.3 Å². The largest absolute Gasteiger partial charge is 0.461 e. The zero-order valence-electron chi connectivity index (χ0n) is 17.0. The number of carbonyl (C=O) groups is 2. The van der Waals surface area contributed by atoms with Crippen LogP contribution in [0.5, 0.6) is 0 Å². The number of para-hydroxylation sites is 1. The Kier molecular flexibility index (Phi) is 5.83. The van der Waals surface area contributed by atoms with Gasteiger partial charge < -0.3 is 10.1 Å². The molecule has 0 aliphatic rings. The van der Waals surface area contributed by atoms with Gasteiger partial charge in [0.2, 0.25) is 0 Å². The van der Waals surface area contributed by atoms with Crippen LogP contribution in [0.3, 0.4) is 0 Å². The quantitative estimate of drug-likeness (QED) is 0.642. The summed E-state index contributed by atoms with van der Waals surface area (Å²) in [4.78, 5) is 43.2. The molecule has 0 saturated heterocycles. The summed E-state index contributed by atoms with van der Waals surface area (Å²) in [6.07, 6.45) is 1.05. The van der Waals surface area contributed by atoms with Gasteiger partial charge in [-0.05, 0) is 51.8 Å². The van der Waals surface area contributed by atoms with Crippen LogP contribution in [0.1, 0.15) is 47.6 Å². The van der Waals surface area contributed by atoms with Gasteiger partial charge in [0.25, 0.3) is 11.5 Å². The molecule has 2 aromatic heterocycles. The van der Waals surface area contributed by atoms with Gasteiger partial charge in [-0.2, -0.15) is 0 Å². The van der Waals surface area contributed by atoms with Crippen LogP contribution in [-0.2, 0) is 9.53 Å². The summed E-state index contributed by atoms with van der Waals surface area (Å²) in [7, 11) is 0. The van der Waals surface area contributed by atoms with E-state index in [4.69, 9.17) is 4.74 Å². The Morgan fingerprint density at radius 1 is 1.17 bits per heavy atom. The van der Waals surface area contributed by atoms with Gasteiger partial charge in [-0.3, -0.25) is 14.2 Å². The number of nitrogens with one attached hydrogen (secondary N) is 1. The summed E-state index contributed by atoms with van der Waals surface area (Å²) in [6.45, 7) is 8.71. The van der Waals surface area contributed by atoms with E-state index in [1.54, 1.807) is 27.7 Å². The maximum atomic E-state index is 13.0. The van der Waals surface area contributed by atoms with Gasteiger partial charge in [0.05, 0.1) is 22.7 Å². The van der Waals surface area contributed by atoms with Gasteiger partial charge in [0.15, 0.2) is 0 Å². The van der Waals surface area contributed by atoms with Crippen LogP contribution in [0, 0.1) is 13.8 Å². The molecule has 0 spiro atoms. The summed E-state index contributed by atoms with van der Waals surface area (Å²) < 4.78 is 6.44. The summed E-state index contributed by atoms with van der Waals surface area (Å²) in [5, 5.41) is 3.23. The number of nitrogens with zero attached hydrogens (tertiary/aromatic N) is 2. The molecule has 0 saturated carbocycles. The molecule has 0 aliphatic heterocycles. The van der Waals surface area contributed by atoms with Gasteiger partial charge in [0, 0.05) is 5.69 Å². The van der Waals surface area contributed by atoms with Crippen LogP contribution in [0.15, 0.2) is 35.4 Å². The second-order valence-corrected chi connectivity index (χ2v) is 8.12. The first kappa shape index (κ1) is 20.7. The molecule has 29 heavy (non-hydrogen) atoms. The van der Waals surface area contributed by atoms with Crippen molar-refractivity contribution in [1.82, 2.24) is 9.55 Å². The highest BCUT2D eigenvalue weighted by Crippen LogP contribution is 2.28. The smallest absolute Gasteiger partial charge is 0.329 e. The molecule has 1 aromatic carbocycles. The number of rotatable bonds is 5. The van der Waals surface area contributed by atoms with Crippen LogP contribution in [-0.4, -0.2) is 27.5 Å². The summed E-state index contributed by atoms with van der Waals surface area (Å²) in [5.74, 6) is -0.799. The fraction of sp³-hybridized carbons (Fsp3) is 0.333. The minimum atomic E-state index is -0.814. The number of fused-ring (bicyclic) bond motifs is 1. The number of amides is 1. The first-order chi connectivity index (χ1) is 13.7. The summed E-state index contributed by atoms with van der Waals surface area (Å²) in [6, 6.07) is 6.66. The van der Waals surface area contributed by atoms with Gasteiger partial charge in [-0.15, -0.1) is 11.3 Å². The highest BCUT2D eigenvalue weighted by molar-refractivity contribution is 7.20. The maximum absolute atomic E-state index is 13.0. The number of carbonyl (C=O) groups excluding carboxylic acids is 2. The molecule has 0 radical (unpaired) electrons. The lowest BCUT2D eigenvalue weighted by Gasteiger charge is -2.15. The fourth-order valence-corrected chi connectivity index (χ4v) is 4.00. The van der Waals surface area contributed by atoms with Crippen molar-refractivity contribution in [2.75, 3.05) is 5.32 Å². The molecule has 2 heterocycles. The van der Waals surface area contributed by atoms with Gasteiger partial charge >= 0.3 is 5.97 Å². The second kappa shape index (κ2) is 8.16. The third kappa shape index (κ3) is 4.07. The third-order valence-electron chi connectivity index (χ3n) is 4.59. The van der Waals surface area contributed by atoms with E-state index in [0.717, 1.165) is 16.9 Å². The Labute approximate surface area is 172 Å². The summed E-state index contributed by atoms with van der Waals surface area (Å²) >= 11 is 1.16. The van der Waals surface area contributed by atoms with E-state index in [-0.39, 0.29) is 17.6 Å². The van der Waals surface area contributed by atoms with Crippen LogP contribution >= 0.6 is 11.3 Å². The minimum Gasteiger partial charge on any atom is -0.461 e. The minimum absolute atomic E-state index is 0.281. The standard InChI is InChI=1S/C21H23N3O4S/c1-11(2)28-21(27)14(5)24-10-22-19-16(20(24)26)13(4)17(29-19)18(25)23-15-9-7-6-8-12(15)3/h6-11,14H,1-5H3,(H,23,25). The Morgan fingerprint density at radius 3 is 2.52 bits per heavy atom. The Balaban J connectivity index is 1.99. The first-order valence-corrected chi connectivity index (χ1v) is 10.1. The second-order valence-electron chi connectivity index (χ2n) is 7.12. The molecule has 1 atom stereocenters. The van der Waals surface area contributed by atoms with Crippen LogP contribution in [0.4, 0.5) is 5.69 Å². The molecular formula is C21H23N3O4S. The molecule has 1 N–H and O–H groups in total. The Bertz CT molecular complexity index is 1150. The van der Waals surface area contributed by atoms with Crippen molar-refractivity contribution in [3.05, 3.63) is 57.0 Å². The number of aromatic nitrogens is 2. The molecule has 0 aliphatic carbocycles. The number of hydrogen-bond donors (Lipinski definition) is 1. The van der Waals surface area contributed by atoms with E-state index >= 15 is 0 Å². The lowest BCUT2D eigenvalue weighted by molar-refractivity contribution is -0.151. The van der Waals surface area contributed by atoms with E-state index in [9.17, 15) is 14.4 Å². The number of benzene rings is 1. The number of hydrogen-bond acceptors (Lipinski definition) is 6. The van der Waals surface area contributed by atoms with Crippen molar-refractivity contribution in [3.63, 3.8) is 0 Å². The average Bonchev–Trinajstić information content (AvgIpc) is 3.00. The van der Waals surface area contributed by atoms with E-state index in [1.807, 2.05) is 31.2 Å². The first-order valence-electron chi connectivity index (χ1n) is 9.28. The molecule has 1 unspecified atom stereocenters. The monoisotopic (exact) mass is 413 g/mol. The molecule has 0 fully saturated rings. The number of ether oxygens (including phenoxy) is 1. The van der Waals surface area contributed by atoms with Crippen molar-refractivity contribution in [3.8, 4) is 0 Å². The molecule has 7 nitrogen and oxygen atoms in total. The number of anilines is 1. The zero-order valence-corrected chi connectivity index (χ0v) is 17.8. The normalized spacial score (nSPS) is 12.2. The molecule has 1 amide bonds. The molecule has 3 rings (SSSR count). The van der Waals surface area contributed by atoms with E-state index in [1.165, 1.54) is 10.9 Å². The molecule has 8 heteroatoms. The summed E-state index contributed by atoms with van der Waals surface area (Å²) in [5.41, 5.74) is 1.83. The van der Waals surface area contributed by atoms with Crippen LogP contribution in [0.2, 0.25) is 0 Å². The van der Waals surface area contributed by atoms with Gasteiger partial charge in [-0.25, -0.2) is 9.78 Å². The van der Waals surface area contributed by atoms with Crippen molar-refractivity contribution in [2.45, 2.75) is 46.8 Å². The van der Waals surface area contributed by atoms with Crippen molar-refractivity contribution >= 4 is 39.1 Å². The van der Waals surface area contributed by atoms with Crippen molar-refractivity contribution in [1.29, 1.82) is 0 Å². The van der Waals surface area contributed by atoms with E-state index < -0.39 is 12.0 Å². The van der Waals surface area contributed by atoms with Crippen molar-refractivity contribution < 1.29 is 14.3 Å². The maximum Gasteiger partial charge on any atom is 0.329 e. The molecule has 152 valence electrons. The predicted octanol–water partition coefficient (Wildman–Crippen LogP) is 3.84. The number of esters is 1. The van der Waals surface area contributed by atoms with Gasteiger partial charge in [0.1, 0.15) is 10.9 Å². The van der Waals surface area contributed by atoms with Crippen molar-refractivity contribution in [2.24, 2.45) is 0 Å². The Morgan fingerprint density at radius 2 is 1.86 bits per heavy atom.